The standard InChI is InChI=1S/C13H27N3/c1-15-6-3-12(4-7-15)5-8-16(2)11-13-9-14-10-13/h12-14H,3-11H2,1-2H3. The highest BCUT2D eigenvalue weighted by molar-refractivity contribution is 4.78. The number of hydrogen-bond donors (Lipinski definition) is 1. The monoisotopic (exact) mass is 225 g/mol. The molecule has 0 aliphatic carbocycles. The van der Waals surface area contributed by atoms with E-state index in [2.05, 4.69) is 29.2 Å². The number of nitrogens with one attached hydrogen (secondary N) is 1. The van der Waals surface area contributed by atoms with Crippen molar-refractivity contribution in [3.8, 4) is 0 Å². The van der Waals surface area contributed by atoms with E-state index in [4.69, 9.17) is 0 Å². The van der Waals surface area contributed by atoms with E-state index in [0.29, 0.717) is 0 Å². The third-order valence-corrected chi connectivity index (χ3v) is 4.19. The molecule has 0 atom stereocenters. The maximum absolute atomic E-state index is 3.34. The van der Waals surface area contributed by atoms with Crippen LogP contribution in [0.5, 0.6) is 0 Å². The predicted octanol–water partition coefficient (Wildman–Crippen LogP) is 0.870. The van der Waals surface area contributed by atoms with E-state index >= 15 is 0 Å². The molecule has 16 heavy (non-hydrogen) atoms. The van der Waals surface area contributed by atoms with Gasteiger partial charge in [-0.3, -0.25) is 0 Å². The molecule has 0 aromatic heterocycles. The zero-order valence-corrected chi connectivity index (χ0v) is 10.9. The Bertz CT molecular complexity index is 195. The predicted molar refractivity (Wildman–Crippen MR) is 68.7 cm³/mol. The molecule has 3 nitrogen and oxygen atoms in total. The van der Waals surface area contributed by atoms with Gasteiger partial charge in [0, 0.05) is 19.6 Å². The third-order valence-electron chi connectivity index (χ3n) is 4.19. The molecule has 0 aromatic rings. The van der Waals surface area contributed by atoms with Gasteiger partial charge in [-0.2, -0.15) is 0 Å². The van der Waals surface area contributed by atoms with Crippen molar-refractivity contribution in [1.82, 2.24) is 15.1 Å². The molecule has 2 rings (SSSR count). The van der Waals surface area contributed by atoms with Crippen LogP contribution in [0, 0.1) is 11.8 Å². The highest BCUT2D eigenvalue weighted by atomic mass is 15.1. The van der Waals surface area contributed by atoms with Crippen LogP contribution in [0.2, 0.25) is 0 Å². The summed E-state index contributed by atoms with van der Waals surface area (Å²) < 4.78 is 0. The Morgan fingerprint density at radius 1 is 1.19 bits per heavy atom. The van der Waals surface area contributed by atoms with E-state index in [0.717, 1.165) is 11.8 Å². The smallest absolute Gasteiger partial charge is 0.00309 e. The Balaban J connectivity index is 1.55. The van der Waals surface area contributed by atoms with Crippen molar-refractivity contribution in [3.05, 3.63) is 0 Å². The highest BCUT2D eigenvalue weighted by Crippen LogP contribution is 2.19. The summed E-state index contributed by atoms with van der Waals surface area (Å²) in [5.41, 5.74) is 0. The number of rotatable bonds is 5. The van der Waals surface area contributed by atoms with Crippen LogP contribution >= 0.6 is 0 Å². The van der Waals surface area contributed by atoms with Gasteiger partial charge in [0.05, 0.1) is 0 Å². The summed E-state index contributed by atoms with van der Waals surface area (Å²) in [7, 11) is 4.53. The van der Waals surface area contributed by atoms with Crippen LogP contribution in [0.3, 0.4) is 0 Å². The molecule has 0 bridgehead atoms. The lowest BCUT2D eigenvalue weighted by Gasteiger charge is -2.33. The zero-order valence-electron chi connectivity index (χ0n) is 10.9. The van der Waals surface area contributed by atoms with Gasteiger partial charge in [0.15, 0.2) is 0 Å². The molecule has 0 radical (unpaired) electrons. The van der Waals surface area contributed by atoms with Gasteiger partial charge in [0.2, 0.25) is 0 Å². The van der Waals surface area contributed by atoms with Crippen molar-refractivity contribution in [2.24, 2.45) is 11.8 Å². The maximum atomic E-state index is 3.34. The molecular formula is C13H27N3. The fourth-order valence-electron chi connectivity index (χ4n) is 2.76. The van der Waals surface area contributed by atoms with Crippen molar-refractivity contribution in [3.63, 3.8) is 0 Å². The Labute approximate surface area is 100 Å². The molecule has 2 heterocycles. The van der Waals surface area contributed by atoms with Crippen LogP contribution in [0.1, 0.15) is 19.3 Å². The molecule has 0 aromatic carbocycles. The van der Waals surface area contributed by atoms with E-state index in [1.54, 1.807) is 0 Å². The summed E-state index contributed by atoms with van der Waals surface area (Å²) >= 11 is 0. The van der Waals surface area contributed by atoms with Gasteiger partial charge >= 0.3 is 0 Å². The summed E-state index contributed by atoms with van der Waals surface area (Å²) in [4.78, 5) is 4.99. The number of hydrogen-bond acceptors (Lipinski definition) is 3. The van der Waals surface area contributed by atoms with Gasteiger partial charge in [0.1, 0.15) is 0 Å². The lowest BCUT2D eigenvalue weighted by atomic mass is 9.93. The minimum absolute atomic E-state index is 0.919. The second kappa shape index (κ2) is 5.99. The minimum atomic E-state index is 0.919. The average Bonchev–Trinajstić information content (AvgIpc) is 2.23. The molecule has 3 heteroatoms. The second-order valence-electron chi connectivity index (χ2n) is 5.82. The van der Waals surface area contributed by atoms with Crippen molar-refractivity contribution >= 4 is 0 Å². The summed E-state index contributed by atoms with van der Waals surface area (Å²) in [6.07, 6.45) is 4.23. The zero-order chi connectivity index (χ0) is 11.4. The first-order valence-corrected chi connectivity index (χ1v) is 6.82. The Morgan fingerprint density at radius 2 is 1.88 bits per heavy atom. The third kappa shape index (κ3) is 3.72. The van der Waals surface area contributed by atoms with Gasteiger partial charge in [-0.1, -0.05) is 0 Å². The first-order chi connectivity index (χ1) is 7.74. The fraction of sp³-hybridized carbons (Fsp3) is 1.00. The molecular weight excluding hydrogens is 198 g/mol. The second-order valence-corrected chi connectivity index (χ2v) is 5.82. The van der Waals surface area contributed by atoms with E-state index in [1.165, 1.54) is 58.5 Å². The molecule has 0 unspecified atom stereocenters. The van der Waals surface area contributed by atoms with Gasteiger partial charge in [-0.15, -0.1) is 0 Å². The lowest BCUT2D eigenvalue weighted by molar-refractivity contribution is 0.178. The van der Waals surface area contributed by atoms with Crippen molar-refractivity contribution in [2.45, 2.75) is 19.3 Å². The van der Waals surface area contributed by atoms with Crippen molar-refractivity contribution in [1.29, 1.82) is 0 Å². The quantitative estimate of drug-likeness (QED) is 0.749. The molecule has 0 spiro atoms. The van der Waals surface area contributed by atoms with E-state index < -0.39 is 0 Å². The summed E-state index contributed by atoms with van der Waals surface area (Å²) in [6.45, 7) is 7.67. The van der Waals surface area contributed by atoms with Gasteiger partial charge < -0.3 is 15.1 Å². The Kier molecular flexibility index (Phi) is 4.62. The molecule has 1 N–H and O–H groups in total. The fourth-order valence-corrected chi connectivity index (χ4v) is 2.76. The molecule has 2 aliphatic rings. The van der Waals surface area contributed by atoms with Crippen LogP contribution in [-0.4, -0.2) is 63.2 Å². The lowest BCUT2D eigenvalue weighted by Crippen LogP contribution is -2.47. The Hall–Kier alpha value is -0.120. The van der Waals surface area contributed by atoms with Gasteiger partial charge in [-0.25, -0.2) is 0 Å². The Morgan fingerprint density at radius 3 is 2.44 bits per heavy atom. The maximum Gasteiger partial charge on any atom is 0.00309 e. The number of likely N-dealkylation sites (tertiary alicyclic amines) is 1. The molecule has 0 amide bonds. The molecule has 0 saturated carbocycles. The van der Waals surface area contributed by atoms with Gasteiger partial charge in [-0.05, 0) is 64.8 Å². The SMILES string of the molecule is CN1CCC(CCN(C)CC2CNC2)CC1. The first-order valence-electron chi connectivity index (χ1n) is 6.82. The normalized spacial score (nSPS) is 24.9. The van der Waals surface area contributed by atoms with E-state index in [9.17, 15) is 0 Å². The molecule has 94 valence electrons. The summed E-state index contributed by atoms with van der Waals surface area (Å²) in [5, 5.41) is 3.34. The largest absolute Gasteiger partial charge is 0.316 e. The highest BCUT2D eigenvalue weighted by Gasteiger charge is 2.20. The molecule has 2 saturated heterocycles. The van der Waals surface area contributed by atoms with Gasteiger partial charge in [0.25, 0.3) is 0 Å². The van der Waals surface area contributed by atoms with E-state index in [1.807, 2.05) is 0 Å². The van der Waals surface area contributed by atoms with Crippen LogP contribution in [-0.2, 0) is 0 Å². The summed E-state index contributed by atoms with van der Waals surface area (Å²) in [6, 6.07) is 0. The van der Waals surface area contributed by atoms with Crippen molar-refractivity contribution < 1.29 is 0 Å². The van der Waals surface area contributed by atoms with Crippen LogP contribution in [0.15, 0.2) is 0 Å². The van der Waals surface area contributed by atoms with Crippen LogP contribution in [0.4, 0.5) is 0 Å². The average molecular weight is 225 g/mol. The molecule has 2 fully saturated rings. The first kappa shape index (κ1) is 12.3. The topological polar surface area (TPSA) is 18.5 Å². The van der Waals surface area contributed by atoms with E-state index in [-0.39, 0.29) is 0 Å². The minimum Gasteiger partial charge on any atom is -0.316 e. The summed E-state index contributed by atoms with van der Waals surface area (Å²) in [5.74, 6) is 1.90. The van der Waals surface area contributed by atoms with Crippen LogP contribution in [0.25, 0.3) is 0 Å². The number of piperidine rings is 1. The molecule has 2 aliphatic heterocycles. The van der Waals surface area contributed by atoms with Crippen LogP contribution < -0.4 is 5.32 Å². The van der Waals surface area contributed by atoms with Crippen molar-refractivity contribution in [2.75, 3.05) is 53.4 Å². The number of nitrogens with zero attached hydrogens (tertiary/aromatic N) is 2.